The third kappa shape index (κ3) is 2.75. The Labute approximate surface area is 186 Å². The lowest BCUT2D eigenvalue weighted by atomic mass is 9.63. The predicted molar refractivity (Wildman–Crippen MR) is 118 cm³/mol. The number of methoxy groups -OCH3 is 1. The van der Waals surface area contributed by atoms with Crippen LogP contribution in [0.3, 0.4) is 0 Å². The van der Waals surface area contributed by atoms with E-state index in [1.165, 1.54) is 9.80 Å². The zero-order valence-electron chi connectivity index (χ0n) is 17.8. The first-order chi connectivity index (χ1) is 15.6. The number of nitrogens with zero attached hydrogens (tertiary/aromatic N) is 2. The molecule has 0 spiro atoms. The molecular weight excluding hydrogens is 404 g/mol. The highest BCUT2D eigenvalue weighted by molar-refractivity contribution is 6.09. The number of hydrogen-bond donors (Lipinski definition) is 0. The molecule has 1 heterocycles. The number of imide groups is 1. The number of carbonyl (C=O) groups is 3. The van der Waals surface area contributed by atoms with Gasteiger partial charge in [0.15, 0.2) is 0 Å². The molecule has 32 heavy (non-hydrogen) atoms. The minimum atomic E-state index is -0.272. The Bertz CT molecular complexity index is 1090. The number of likely N-dealkylation sites (tertiary alicyclic amines) is 1. The van der Waals surface area contributed by atoms with Crippen molar-refractivity contribution in [3.63, 3.8) is 0 Å². The smallest absolute Gasteiger partial charge is 0.259 e. The normalized spacial score (nSPS) is 31.3. The van der Waals surface area contributed by atoms with Crippen molar-refractivity contribution >= 4 is 23.4 Å². The molecular formula is C26H24N2O4. The van der Waals surface area contributed by atoms with Crippen LogP contribution >= 0.6 is 0 Å². The summed E-state index contributed by atoms with van der Waals surface area (Å²) in [7, 11) is 1.58. The largest absolute Gasteiger partial charge is 0.497 e. The summed E-state index contributed by atoms with van der Waals surface area (Å²) < 4.78 is 5.24. The average molecular weight is 428 g/mol. The topological polar surface area (TPSA) is 66.9 Å². The molecule has 5 aliphatic rings. The second-order valence-electron chi connectivity index (χ2n) is 9.20. The molecule has 1 saturated heterocycles. The zero-order valence-corrected chi connectivity index (χ0v) is 17.8. The summed E-state index contributed by atoms with van der Waals surface area (Å²) >= 11 is 0. The molecule has 1 aliphatic heterocycles. The molecule has 2 aromatic rings. The van der Waals surface area contributed by atoms with E-state index in [1.54, 1.807) is 55.6 Å². The fourth-order valence-electron chi connectivity index (χ4n) is 6.06. The fraction of sp³-hybridized carbons (Fsp3) is 0.346. The Balaban J connectivity index is 1.33. The highest BCUT2D eigenvalue weighted by atomic mass is 16.5. The molecule has 162 valence electrons. The number of carbonyl (C=O) groups excluding carboxylic acids is 3. The molecule has 2 saturated carbocycles. The lowest BCUT2D eigenvalue weighted by Crippen LogP contribution is -2.45. The average Bonchev–Trinajstić information content (AvgIpc) is 3.63. The van der Waals surface area contributed by atoms with E-state index in [0.717, 1.165) is 6.42 Å². The zero-order chi connectivity index (χ0) is 22.0. The molecule has 7 rings (SSSR count). The number of benzene rings is 2. The summed E-state index contributed by atoms with van der Waals surface area (Å²) in [5.41, 5.74) is 1.11. The number of anilines is 1. The second-order valence-corrected chi connectivity index (χ2v) is 9.20. The molecule has 0 unspecified atom stereocenters. The maximum absolute atomic E-state index is 13.4. The molecule has 2 bridgehead atoms. The van der Waals surface area contributed by atoms with Gasteiger partial charge in [0.05, 0.1) is 18.9 Å². The van der Waals surface area contributed by atoms with Gasteiger partial charge in [0, 0.05) is 11.3 Å². The van der Waals surface area contributed by atoms with Crippen LogP contribution in [0.5, 0.6) is 5.75 Å². The highest BCUT2D eigenvalue weighted by Crippen LogP contribution is 2.65. The van der Waals surface area contributed by atoms with Crippen molar-refractivity contribution in [1.82, 2.24) is 4.90 Å². The van der Waals surface area contributed by atoms with Crippen molar-refractivity contribution in [2.75, 3.05) is 18.7 Å². The van der Waals surface area contributed by atoms with Crippen LogP contribution in [0.2, 0.25) is 0 Å². The third-order valence-electron chi connectivity index (χ3n) is 7.69. The molecule has 3 amide bonds. The molecule has 6 atom stereocenters. The van der Waals surface area contributed by atoms with Crippen LogP contribution in [-0.2, 0) is 9.59 Å². The maximum Gasteiger partial charge on any atom is 0.259 e. The second kappa shape index (κ2) is 7.05. The standard InChI is InChI=1S/C26H24N2O4/c1-32-17-9-7-16(8-10-17)27(24(29)15-5-3-2-4-6-15)14-28-25(30)22-18-11-12-19(21-13-20(18)21)23(22)26(28)31/h2-12,18-23H,13-14H2,1H3/t18-,19-,20-,21-,22+,23+/m1/s1. The fourth-order valence-corrected chi connectivity index (χ4v) is 6.06. The van der Waals surface area contributed by atoms with E-state index in [-0.39, 0.29) is 48.1 Å². The van der Waals surface area contributed by atoms with Gasteiger partial charge in [-0.1, -0.05) is 30.4 Å². The minimum Gasteiger partial charge on any atom is -0.497 e. The number of amides is 3. The van der Waals surface area contributed by atoms with Crippen LogP contribution in [0.15, 0.2) is 66.7 Å². The van der Waals surface area contributed by atoms with Crippen LogP contribution in [0, 0.1) is 35.5 Å². The summed E-state index contributed by atoms with van der Waals surface area (Å²) in [5, 5.41) is 0. The monoisotopic (exact) mass is 428 g/mol. The van der Waals surface area contributed by atoms with Gasteiger partial charge in [-0.25, -0.2) is 0 Å². The Morgan fingerprint density at radius 2 is 1.53 bits per heavy atom. The Hall–Kier alpha value is -3.41. The van der Waals surface area contributed by atoms with E-state index in [4.69, 9.17) is 4.74 Å². The van der Waals surface area contributed by atoms with Crippen molar-refractivity contribution < 1.29 is 19.1 Å². The Morgan fingerprint density at radius 3 is 2.09 bits per heavy atom. The van der Waals surface area contributed by atoms with Gasteiger partial charge >= 0.3 is 0 Å². The quantitative estimate of drug-likeness (QED) is 0.541. The van der Waals surface area contributed by atoms with Gasteiger partial charge in [-0.05, 0) is 66.5 Å². The van der Waals surface area contributed by atoms with Crippen LogP contribution in [-0.4, -0.2) is 36.4 Å². The van der Waals surface area contributed by atoms with Crippen molar-refractivity contribution in [3.05, 3.63) is 72.3 Å². The van der Waals surface area contributed by atoms with Crippen LogP contribution in [0.4, 0.5) is 5.69 Å². The summed E-state index contributed by atoms with van der Waals surface area (Å²) in [5.74, 6) is 1.02. The number of ether oxygens (including phenoxy) is 1. The molecule has 0 aromatic heterocycles. The number of rotatable bonds is 5. The highest BCUT2D eigenvalue weighted by Gasteiger charge is 2.67. The van der Waals surface area contributed by atoms with Gasteiger partial charge in [0.1, 0.15) is 12.4 Å². The van der Waals surface area contributed by atoms with Gasteiger partial charge < -0.3 is 4.74 Å². The molecule has 4 aliphatic carbocycles. The third-order valence-corrected chi connectivity index (χ3v) is 7.69. The van der Waals surface area contributed by atoms with Crippen molar-refractivity contribution in [2.45, 2.75) is 6.42 Å². The molecule has 0 radical (unpaired) electrons. The van der Waals surface area contributed by atoms with E-state index in [9.17, 15) is 14.4 Å². The first kappa shape index (κ1) is 19.3. The number of allylic oxidation sites excluding steroid dienone is 2. The van der Waals surface area contributed by atoms with E-state index in [0.29, 0.717) is 28.8 Å². The van der Waals surface area contributed by atoms with E-state index in [2.05, 4.69) is 12.2 Å². The van der Waals surface area contributed by atoms with Gasteiger partial charge in [-0.15, -0.1) is 0 Å². The summed E-state index contributed by atoms with van der Waals surface area (Å²) in [6.07, 6.45) is 5.44. The van der Waals surface area contributed by atoms with E-state index < -0.39 is 0 Å². The van der Waals surface area contributed by atoms with Crippen molar-refractivity contribution in [1.29, 1.82) is 0 Å². The molecule has 0 N–H and O–H groups in total. The minimum absolute atomic E-state index is 0.0838. The predicted octanol–water partition coefficient (Wildman–Crippen LogP) is 3.35. The SMILES string of the molecule is COc1ccc(N(CN2C(=O)[C@H]3[C@@H]4C=C[C@H]([C@H]5C[C@H]45)[C@@H]3C2=O)C(=O)c2ccccc2)cc1. The van der Waals surface area contributed by atoms with Gasteiger partial charge in [-0.3, -0.25) is 24.2 Å². The van der Waals surface area contributed by atoms with Crippen LogP contribution in [0.25, 0.3) is 0 Å². The van der Waals surface area contributed by atoms with Crippen molar-refractivity contribution in [2.24, 2.45) is 35.5 Å². The van der Waals surface area contributed by atoms with Crippen molar-refractivity contribution in [3.8, 4) is 5.75 Å². The lowest BCUT2D eigenvalue weighted by Gasteiger charge is -2.37. The van der Waals surface area contributed by atoms with Gasteiger partial charge in [0.2, 0.25) is 11.8 Å². The van der Waals surface area contributed by atoms with Crippen LogP contribution in [0.1, 0.15) is 16.8 Å². The Morgan fingerprint density at radius 1 is 0.938 bits per heavy atom. The van der Waals surface area contributed by atoms with Crippen LogP contribution < -0.4 is 9.64 Å². The lowest BCUT2D eigenvalue weighted by molar-refractivity contribution is -0.140. The number of hydrogen-bond acceptors (Lipinski definition) is 4. The Kier molecular flexibility index (Phi) is 4.25. The van der Waals surface area contributed by atoms with Gasteiger partial charge in [-0.2, -0.15) is 0 Å². The molecule has 6 heteroatoms. The molecule has 2 aromatic carbocycles. The first-order valence-electron chi connectivity index (χ1n) is 11.1. The summed E-state index contributed by atoms with van der Waals surface area (Å²) in [6, 6.07) is 16.0. The maximum atomic E-state index is 13.4. The summed E-state index contributed by atoms with van der Waals surface area (Å²) in [4.78, 5) is 43.2. The first-order valence-corrected chi connectivity index (χ1v) is 11.1. The summed E-state index contributed by atoms with van der Waals surface area (Å²) in [6.45, 7) is -0.0838. The molecule has 3 fully saturated rings. The van der Waals surface area contributed by atoms with E-state index in [1.807, 2.05) is 6.07 Å². The van der Waals surface area contributed by atoms with E-state index >= 15 is 0 Å². The molecule has 6 nitrogen and oxygen atoms in total. The van der Waals surface area contributed by atoms with Gasteiger partial charge in [0.25, 0.3) is 5.91 Å².